The molecule has 0 aliphatic heterocycles. The van der Waals surface area contributed by atoms with Crippen molar-refractivity contribution in [2.75, 3.05) is 19.6 Å². The van der Waals surface area contributed by atoms with Crippen LogP contribution in [0.1, 0.15) is 16.8 Å². The van der Waals surface area contributed by atoms with Gasteiger partial charge in [0.2, 0.25) is 0 Å². The summed E-state index contributed by atoms with van der Waals surface area (Å²) >= 11 is 1.74. The zero-order chi connectivity index (χ0) is 14.9. The molecular weight excluding hydrogens is 411 g/mol. The number of thiazole rings is 1. The molecule has 2 aromatic rings. The summed E-state index contributed by atoms with van der Waals surface area (Å²) in [6, 6.07) is 1.93. The van der Waals surface area contributed by atoms with Crippen molar-refractivity contribution in [2.24, 2.45) is 4.99 Å². The van der Waals surface area contributed by atoms with Crippen LogP contribution >= 0.6 is 35.3 Å². The molecular formula is C14H23IN6S. The van der Waals surface area contributed by atoms with Crippen molar-refractivity contribution in [3.8, 4) is 0 Å². The van der Waals surface area contributed by atoms with Gasteiger partial charge in [-0.2, -0.15) is 5.10 Å². The molecule has 0 aliphatic rings. The maximum atomic E-state index is 4.57. The summed E-state index contributed by atoms with van der Waals surface area (Å²) in [6.45, 7) is 7.35. The maximum absolute atomic E-state index is 4.57. The molecule has 2 heterocycles. The van der Waals surface area contributed by atoms with Crippen LogP contribution in [0.4, 0.5) is 0 Å². The molecule has 0 aromatic carbocycles. The van der Waals surface area contributed by atoms with Crippen molar-refractivity contribution in [2.45, 2.75) is 26.8 Å². The summed E-state index contributed by atoms with van der Waals surface area (Å²) in [5.41, 5.74) is 0. The zero-order valence-electron chi connectivity index (χ0n) is 13.0. The normalized spacial score (nSPS) is 11.1. The SMILES string of the molecule is CCNC(=NCCc1ncc(C)s1)NCCn1cccn1.I. The van der Waals surface area contributed by atoms with Crippen LogP contribution in [-0.4, -0.2) is 40.4 Å². The van der Waals surface area contributed by atoms with Gasteiger partial charge in [-0.3, -0.25) is 9.67 Å². The molecule has 0 saturated heterocycles. The highest BCUT2D eigenvalue weighted by Gasteiger charge is 2.00. The summed E-state index contributed by atoms with van der Waals surface area (Å²) in [5.74, 6) is 0.845. The molecule has 2 N–H and O–H groups in total. The molecule has 8 heteroatoms. The van der Waals surface area contributed by atoms with Gasteiger partial charge in [-0.05, 0) is 19.9 Å². The van der Waals surface area contributed by atoms with Crippen molar-refractivity contribution in [3.63, 3.8) is 0 Å². The minimum absolute atomic E-state index is 0. The molecule has 0 bridgehead atoms. The number of aryl methyl sites for hydroxylation is 1. The van der Waals surface area contributed by atoms with E-state index in [0.29, 0.717) is 0 Å². The van der Waals surface area contributed by atoms with E-state index in [-0.39, 0.29) is 24.0 Å². The first-order valence-corrected chi connectivity index (χ1v) is 8.00. The molecule has 0 unspecified atom stereocenters. The van der Waals surface area contributed by atoms with Gasteiger partial charge in [0, 0.05) is 49.5 Å². The third-order valence-electron chi connectivity index (χ3n) is 2.80. The number of aromatic nitrogens is 3. The van der Waals surface area contributed by atoms with E-state index in [9.17, 15) is 0 Å². The quantitative estimate of drug-likeness (QED) is 0.398. The van der Waals surface area contributed by atoms with Gasteiger partial charge in [0.25, 0.3) is 0 Å². The van der Waals surface area contributed by atoms with Gasteiger partial charge in [0.15, 0.2) is 5.96 Å². The average molecular weight is 434 g/mol. The van der Waals surface area contributed by atoms with Gasteiger partial charge in [-0.25, -0.2) is 4.98 Å². The number of halogens is 1. The number of aliphatic imine (C=N–C) groups is 1. The van der Waals surface area contributed by atoms with Gasteiger partial charge < -0.3 is 10.6 Å². The summed E-state index contributed by atoms with van der Waals surface area (Å²) in [6.07, 6.45) is 6.54. The van der Waals surface area contributed by atoms with Gasteiger partial charge in [-0.15, -0.1) is 35.3 Å². The fourth-order valence-corrected chi connectivity index (χ4v) is 2.62. The third-order valence-corrected chi connectivity index (χ3v) is 3.77. The lowest BCUT2D eigenvalue weighted by atomic mass is 10.4. The van der Waals surface area contributed by atoms with Crippen molar-refractivity contribution >= 4 is 41.3 Å². The lowest BCUT2D eigenvalue weighted by Gasteiger charge is -2.11. The molecule has 22 heavy (non-hydrogen) atoms. The number of nitrogens with zero attached hydrogens (tertiary/aromatic N) is 4. The Kier molecular flexibility index (Phi) is 9.05. The Bertz CT molecular complexity index is 551. The van der Waals surface area contributed by atoms with Crippen LogP contribution in [0.3, 0.4) is 0 Å². The summed E-state index contributed by atoms with van der Waals surface area (Å²) in [7, 11) is 0. The monoisotopic (exact) mass is 434 g/mol. The van der Waals surface area contributed by atoms with Gasteiger partial charge in [0.05, 0.1) is 11.6 Å². The lowest BCUT2D eigenvalue weighted by Crippen LogP contribution is -2.39. The minimum atomic E-state index is 0. The molecule has 2 rings (SSSR count). The zero-order valence-corrected chi connectivity index (χ0v) is 16.1. The molecule has 0 amide bonds. The highest BCUT2D eigenvalue weighted by atomic mass is 127. The van der Waals surface area contributed by atoms with E-state index in [0.717, 1.165) is 43.6 Å². The highest BCUT2D eigenvalue weighted by Crippen LogP contribution is 2.11. The third kappa shape index (κ3) is 6.73. The summed E-state index contributed by atoms with van der Waals surface area (Å²) in [5, 5.41) is 11.9. The molecule has 0 atom stereocenters. The molecule has 0 aliphatic carbocycles. The number of hydrogen-bond acceptors (Lipinski definition) is 4. The van der Waals surface area contributed by atoms with Crippen LogP contribution in [0.2, 0.25) is 0 Å². The Labute approximate surface area is 152 Å². The highest BCUT2D eigenvalue weighted by molar-refractivity contribution is 14.0. The maximum Gasteiger partial charge on any atom is 0.191 e. The number of rotatable bonds is 7. The van der Waals surface area contributed by atoms with E-state index < -0.39 is 0 Å². The molecule has 6 nitrogen and oxygen atoms in total. The van der Waals surface area contributed by atoms with E-state index >= 15 is 0 Å². The number of guanidine groups is 1. The van der Waals surface area contributed by atoms with Crippen LogP contribution in [0, 0.1) is 6.92 Å². The molecule has 0 spiro atoms. The van der Waals surface area contributed by atoms with E-state index in [4.69, 9.17) is 0 Å². The second kappa shape index (κ2) is 10.5. The van der Waals surface area contributed by atoms with Crippen LogP contribution in [0.5, 0.6) is 0 Å². The first-order chi connectivity index (χ1) is 10.3. The smallest absolute Gasteiger partial charge is 0.191 e. The molecule has 2 aromatic heterocycles. The van der Waals surface area contributed by atoms with Gasteiger partial charge >= 0.3 is 0 Å². The summed E-state index contributed by atoms with van der Waals surface area (Å²) in [4.78, 5) is 10.2. The predicted molar refractivity (Wildman–Crippen MR) is 102 cm³/mol. The fourth-order valence-electron chi connectivity index (χ4n) is 1.84. The van der Waals surface area contributed by atoms with E-state index in [2.05, 4.69) is 39.6 Å². The Balaban J connectivity index is 0.00000242. The van der Waals surface area contributed by atoms with Crippen molar-refractivity contribution in [1.29, 1.82) is 0 Å². The standard InChI is InChI=1S/C14H22N6S.HI/c1-3-15-14(17-8-10-20-9-4-6-19-20)16-7-5-13-18-11-12(2)21-13;/h4,6,9,11H,3,5,7-8,10H2,1-2H3,(H2,15,16,17);1H. The summed E-state index contributed by atoms with van der Waals surface area (Å²) < 4.78 is 1.90. The first-order valence-electron chi connectivity index (χ1n) is 7.19. The molecule has 0 saturated carbocycles. The topological polar surface area (TPSA) is 67.1 Å². The fraction of sp³-hybridized carbons (Fsp3) is 0.500. The molecule has 0 fully saturated rings. The Morgan fingerprint density at radius 1 is 1.41 bits per heavy atom. The first kappa shape index (κ1) is 18.9. The van der Waals surface area contributed by atoms with E-state index in [1.54, 1.807) is 17.5 Å². The van der Waals surface area contributed by atoms with Crippen molar-refractivity contribution in [3.05, 3.63) is 34.5 Å². The number of hydrogen-bond donors (Lipinski definition) is 2. The van der Waals surface area contributed by atoms with Crippen molar-refractivity contribution in [1.82, 2.24) is 25.4 Å². The average Bonchev–Trinajstić information content (AvgIpc) is 3.11. The second-order valence-electron chi connectivity index (χ2n) is 4.57. The molecule has 122 valence electrons. The minimum Gasteiger partial charge on any atom is -0.357 e. The number of nitrogens with one attached hydrogen (secondary N) is 2. The molecule has 0 radical (unpaired) electrons. The van der Waals surface area contributed by atoms with Crippen LogP contribution in [-0.2, 0) is 13.0 Å². The lowest BCUT2D eigenvalue weighted by molar-refractivity contribution is 0.598. The van der Waals surface area contributed by atoms with Crippen molar-refractivity contribution < 1.29 is 0 Å². The Hall–Kier alpha value is -1.16. The second-order valence-corrected chi connectivity index (χ2v) is 5.89. The van der Waals surface area contributed by atoms with E-state index in [1.807, 2.05) is 23.1 Å². The predicted octanol–water partition coefficient (Wildman–Crippen LogP) is 2.06. The Morgan fingerprint density at radius 2 is 2.27 bits per heavy atom. The van der Waals surface area contributed by atoms with Crippen LogP contribution < -0.4 is 10.6 Å². The van der Waals surface area contributed by atoms with Gasteiger partial charge in [0.1, 0.15) is 0 Å². The Morgan fingerprint density at radius 3 is 2.91 bits per heavy atom. The largest absolute Gasteiger partial charge is 0.357 e. The van der Waals surface area contributed by atoms with Crippen LogP contribution in [0.25, 0.3) is 0 Å². The van der Waals surface area contributed by atoms with E-state index in [1.165, 1.54) is 4.88 Å². The van der Waals surface area contributed by atoms with Gasteiger partial charge in [-0.1, -0.05) is 0 Å². The van der Waals surface area contributed by atoms with Crippen LogP contribution in [0.15, 0.2) is 29.6 Å².